The molecule has 20 heavy (non-hydrogen) atoms. The predicted octanol–water partition coefficient (Wildman–Crippen LogP) is 2.41. The first kappa shape index (κ1) is 17.1. The van der Waals surface area contributed by atoms with Crippen LogP contribution in [0.25, 0.3) is 0 Å². The van der Waals surface area contributed by atoms with Gasteiger partial charge in [-0.1, -0.05) is 34.6 Å². The van der Waals surface area contributed by atoms with E-state index in [4.69, 9.17) is 0 Å². The van der Waals surface area contributed by atoms with Crippen LogP contribution in [-0.2, 0) is 4.79 Å². The quantitative estimate of drug-likeness (QED) is 0.822. The number of urea groups is 1. The number of carboxylic acids is 1. The fraction of sp³-hybridized carbons (Fsp3) is 0.857. The van der Waals surface area contributed by atoms with E-state index in [1.807, 2.05) is 32.5 Å². The fourth-order valence-electron chi connectivity index (χ4n) is 2.09. The van der Waals surface area contributed by atoms with Gasteiger partial charge in [-0.3, -0.25) is 0 Å². The molecule has 0 unspecified atom stereocenters. The molecule has 6 heteroatoms. The van der Waals surface area contributed by atoms with Crippen LogP contribution in [0.5, 0.6) is 0 Å². The summed E-state index contributed by atoms with van der Waals surface area (Å²) >= 11 is 1.86. The Hall–Kier alpha value is -0.910. The number of nitrogens with zero attached hydrogens (tertiary/aromatic N) is 1. The Labute approximate surface area is 125 Å². The summed E-state index contributed by atoms with van der Waals surface area (Å²) in [4.78, 5) is 25.3. The van der Waals surface area contributed by atoms with Crippen molar-refractivity contribution in [1.29, 1.82) is 0 Å². The van der Waals surface area contributed by atoms with E-state index in [1.54, 1.807) is 4.90 Å². The number of hydrogen-bond donors (Lipinski definition) is 2. The Morgan fingerprint density at radius 1 is 1.30 bits per heavy atom. The van der Waals surface area contributed by atoms with Gasteiger partial charge in [0.15, 0.2) is 0 Å². The Morgan fingerprint density at radius 3 is 2.40 bits per heavy atom. The SMILES string of the molecule is CC1(C)CCN(C(=O)N[C@@H](C(=O)O)C(C)(C)C)CCS1. The fourth-order valence-corrected chi connectivity index (χ4v) is 3.19. The van der Waals surface area contributed by atoms with Crippen molar-refractivity contribution in [3.8, 4) is 0 Å². The third-order valence-corrected chi connectivity index (χ3v) is 4.88. The van der Waals surface area contributed by atoms with Crippen LogP contribution in [0.15, 0.2) is 0 Å². The summed E-state index contributed by atoms with van der Waals surface area (Å²) in [7, 11) is 0. The van der Waals surface area contributed by atoms with E-state index in [9.17, 15) is 14.7 Å². The number of carbonyl (C=O) groups excluding carboxylic acids is 1. The molecule has 0 aromatic rings. The number of amides is 2. The number of carboxylic acid groups (broad SMARTS) is 1. The monoisotopic (exact) mass is 302 g/mol. The predicted molar refractivity (Wildman–Crippen MR) is 82.1 cm³/mol. The van der Waals surface area contributed by atoms with Crippen molar-refractivity contribution >= 4 is 23.8 Å². The minimum Gasteiger partial charge on any atom is -0.480 e. The molecule has 5 nitrogen and oxygen atoms in total. The number of aliphatic carboxylic acids is 1. The first-order valence-corrected chi connectivity index (χ1v) is 7.94. The normalized spacial score (nSPS) is 20.9. The Bertz CT molecular complexity index is 377. The number of nitrogens with one attached hydrogen (secondary N) is 1. The van der Waals surface area contributed by atoms with E-state index >= 15 is 0 Å². The molecular formula is C14H26N2O3S. The van der Waals surface area contributed by atoms with Gasteiger partial charge in [0.2, 0.25) is 0 Å². The molecule has 0 aliphatic carbocycles. The summed E-state index contributed by atoms with van der Waals surface area (Å²) in [6.07, 6.45) is 0.915. The maximum absolute atomic E-state index is 12.3. The molecule has 116 valence electrons. The molecule has 2 amide bonds. The highest BCUT2D eigenvalue weighted by Gasteiger charge is 2.34. The molecule has 0 saturated carbocycles. The second-order valence-electron chi connectivity index (χ2n) is 6.93. The minimum atomic E-state index is -0.990. The smallest absolute Gasteiger partial charge is 0.326 e. The van der Waals surface area contributed by atoms with Gasteiger partial charge in [0, 0.05) is 23.6 Å². The molecular weight excluding hydrogens is 276 g/mol. The molecule has 1 atom stereocenters. The van der Waals surface area contributed by atoms with E-state index in [1.165, 1.54) is 0 Å². The van der Waals surface area contributed by atoms with E-state index < -0.39 is 17.4 Å². The standard InChI is InChI=1S/C14H26N2O3S/c1-13(2,3)10(11(17)18)15-12(19)16-7-6-14(4,5)20-9-8-16/h10H,6-9H2,1-5H3,(H,15,19)(H,17,18)/t10-/m0/s1. The van der Waals surface area contributed by atoms with Gasteiger partial charge >= 0.3 is 12.0 Å². The summed E-state index contributed by atoms with van der Waals surface area (Å²) in [5.74, 6) is -0.108. The van der Waals surface area contributed by atoms with Crippen LogP contribution in [0, 0.1) is 5.41 Å². The van der Waals surface area contributed by atoms with E-state index in [0.29, 0.717) is 13.1 Å². The highest BCUT2D eigenvalue weighted by atomic mass is 32.2. The minimum absolute atomic E-state index is 0.172. The largest absolute Gasteiger partial charge is 0.480 e. The number of rotatable bonds is 2. The summed E-state index contributed by atoms with van der Waals surface area (Å²) < 4.78 is 0.172. The lowest BCUT2D eigenvalue weighted by Crippen LogP contribution is -2.53. The Kier molecular flexibility index (Phi) is 5.35. The highest BCUT2D eigenvalue weighted by molar-refractivity contribution is 8.00. The van der Waals surface area contributed by atoms with Crippen molar-refractivity contribution in [2.24, 2.45) is 5.41 Å². The van der Waals surface area contributed by atoms with E-state index in [2.05, 4.69) is 19.2 Å². The van der Waals surface area contributed by atoms with Gasteiger partial charge in [0.05, 0.1) is 0 Å². The van der Waals surface area contributed by atoms with Crippen LogP contribution in [0.3, 0.4) is 0 Å². The van der Waals surface area contributed by atoms with Gasteiger partial charge in [-0.15, -0.1) is 0 Å². The Morgan fingerprint density at radius 2 is 1.90 bits per heavy atom. The lowest BCUT2D eigenvalue weighted by atomic mass is 9.87. The molecule has 1 saturated heterocycles. The molecule has 1 fully saturated rings. The first-order valence-electron chi connectivity index (χ1n) is 6.95. The molecule has 1 aliphatic heterocycles. The first-order chi connectivity index (χ1) is 9.03. The molecule has 0 spiro atoms. The summed E-state index contributed by atoms with van der Waals surface area (Å²) in [5.41, 5.74) is -0.513. The zero-order valence-corrected chi connectivity index (χ0v) is 13.8. The average Bonchev–Trinajstić information content (AvgIpc) is 2.44. The molecule has 0 aromatic heterocycles. The topological polar surface area (TPSA) is 69.6 Å². The van der Waals surface area contributed by atoms with Crippen molar-refractivity contribution in [3.63, 3.8) is 0 Å². The van der Waals surface area contributed by atoms with Crippen LogP contribution < -0.4 is 5.32 Å². The summed E-state index contributed by atoms with van der Waals surface area (Å²) in [6.45, 7) is 11.1. The lowest BCUT2D eigenvalue weighted by molar-refractivity contribution is -0.142. The summed E-state index contributed by atoms with van der Waals surface area (Å²) in [5, 5.41) is 11.9. The van der Waals surface area contributed by atoms with Crippen molar-refractivity contribution in [2.45, 2.75) is 51.8 Å². The molecule has 2 N–H and O–H groups in total. The highest BCUT2D eigenvalue weighted by Crippen LogP contribution is 2.30. The van der Waals surface area contributed by atoms with Crippen molar-refractivity contribution in [1.82, 2.24) is 10.2 Å². The van der Waals surface area contributed by atoms with Crippen molar-refractivity contribution in [3.05, 3.63) is 0 Å². The van der Waals surface area contributed by atoms with Gasteiger partial charge in [-0.05, 0) is 11.8 Å². The number of hydrogen-bond acceptors (Lipinski definition) is 3. The van der Waals surface area contributed by atoms with E-state index in [0.717, 1.165) is 12.2 Å². The van der Waals surface area contributed by atoms with Crippen molar-refractivity contribution < 1.29 is 14.7 Å². The van der Waals surface area contributed by atoms with Crippen LogP contribution in [0.4, 0.5) is 4.79 Å². The molecule has 0 aromatic carbocycles. The molecule has 1 rings (SSSR count). The number of thioether (sulfide) groups is 1. The maximum atomic E-state index is 12.3. The van der Waals surface area contributed by atoms with Gasteiger partial charge in [-0.25, -0.2) is 9.59 Å². The maximum Gasteiger partial charge on any atom is 0.326 e. The third kappa shape index (κ3) is 4.89. The van der Waals surface area contributed by atoms with Gasteiger partial charge in [0.25, 0.3) is 0 Å². The average molecular weight is 302 g/mol. The van der Waals surface area contributed by atoms with E-state index in [-0.39, 0.29) is 10.8 Å². The Balaban J connectivity index is 2.68. The summed E-state index contributed by atoms with van der Waals surface area (Å²) in [6, 6.07) is -1.15. The lowest BCUT2D eigenvalue weighted by Gasteiger charge is -2.30. The van der Waals surface area contributed by atoms with Crippen molar-refractivity contribution in [2.75, 3.05) is 18.8 Å². The van der Waals surface area contributed by atoms with Gasteiger partial charge < -0.3 is 15.3 Å². The zero-order valence-electron chi connectivity index (χ0n) is 13.0. The number of carbonyl (C=O) groups is 2. The second-order valence-corrected chi connectivity index (χ2v) is 8.73. The molecule has 1 aliphatic rings. The zero-order chi connectivity index (χ0) is 15.6. The molecule has 1 heterocycles. The van der Waals surface area contributed by atoms with Gasteiger partial charge in [-0.2, -0.15) is 11.8 Å². The van der Waals surface area contributed by atoms with Crippen LogP contribution in [0.1, 0.15) is 41.0 Å². The van der Waals surface area contributed by atoms with Crippen LogP contribution in [-0.4, -0.2) is 51.6 Å². The van der Waals surface area contributed by atoms with Crippen LogP contribution in [0.2, 0.25) is 0 Å². The third-order valence-electron chi connectivity index (χ3n) is 3.51. The molecule has 0 radical (unpaired) electrons. The molecule has 0 bridgehead atoms. The second kappa shape index (κ2) is 6.24. The van der Waals surface area contributed by atoms with Crippen LogP contribution >= 0.6 is 11.8 Å². The van der Waals surface area contributed by atoms with Gasteiger partial charge in [0.1, 0.15) is 6.04 Å².